The molecule has 0 saturated carbocycles. The van der Waals surface area contributed by atoms with Crippen LogP contribution in [0.5, 0.6) is 11.5 Å². The van der Waals surface area contributed by atoms with Crippen LogP contribution in [-0.2, 0) is 0 Å². The van der Waals surface area contributed by atoms with Crippen molar-refractivity contribution in [2.24, 2.45) is 0 Å². The molecule has 0 unspecified atom stereocenters. The Morgan fingerprint density at radius 1 is 0.810 bits per heavy atom. The number of rotatable bonds is 5. The Balaban J connectivity index is 2.33. The number of hydrogen-bond donors (Lipinski definition) is 1. The van der Waals surface area contributed by atoms with E-state index in [4.69, 9.17) is 14.6 Å². The first-order valence-electron chi connectivity index (χ1n) is 6.17. The average molecular weight is 286 g/mol. The molecular weight excluding hydrogens is 272 g/mol. The summed E-state index contributed by atoms with van der Waals surface area (Å²) in [4.78, 5) is 23.1. The van der Waals surface area contributed by atoms with Crippen LogP contribution in [0, 0.1) is 0 Å². The molecule has 1 N–H and O–H groups in total. The van der Waals surface area contributed by atoms with Gasteiger partial charge in [0.1, 0.15) is 0 Å². The number of hydrogen-bond acceptors (Lipinski definition) is 4. The minimum Gasteiger partial charge on any atom is -0.493 e. The summed E-state index contributed by atoms with van der Waals surface area (Å²) in [5.41, 5.74) is 0.988. The second kappa shape index (κ2) is 6.09. The molecule has 0 atom stereocenters. The van der Waals surface area contributed by atoms with Crippen molar-refractivity contribution >= 4 is 11.8 Å². The molecule has 0 spiro atoms. The second-order valence-electron chi connectivity index (χ2n) is 4.28. The summed E-state index contributed by atoms with van der Waals surface area (Å²) in [5, 5.41) is 8.84. The first-order chi connectivity index (χ1) is 10.1. The Morgan fingerprint density at radius 2 is 1.33 bits per heavy atom. The molecule has 0 saturated heterocycles. The van der Waals surface area contributed by atoms with E-state index in [0.717, 1.165) is 0 Å². The van der Waals surface area contributed by atoms with Crippen molar-refractivity contribution in [1.29, 1.82) is 0 Å². The molecule has 2 aromatic rings. The van der Waals surface area contributed by atoms with Gasteiger partial charge < -0.3 is 14.6 Å². The van der Waals surface area contributed by atoms with Gasteiger partial charge in [-0.1, -0.05) is 12.1 Å². The summed E-state index contributed by atoms with van der Waals surface area (Å²) in [7, 11) is 3.01. The topological polar surface area (TPSA) is 72.8 Å². The molecule has 0 heterocycles. The van der Waals surface area contributed by atoms with Crippen molar-refractivity contribution < 1.29 is 24.2 Å². The number of methoxy groups -OCH3 is 2. The van der Waals surface area contributed by atoms with Crippen LogP contribution in [0.1, 0.15) is 26.3 Å². The van der Waals surface area contributed by atoms with Gasteiger partial charge in [-0.15, -0.1) is 0 Å². The van der Waals surface area contributed by atoms with E-state index in [1.54, 1.807) is 18.2 Å². The van der Waals surface area contributed by atoms with E-state index in [-0.39, 0.29) is 11.3 Å². The zero-order chi connectivity index (χ0) is 15.4. The Hall–Kier alpha value is -2.82. The summed E-state index contributed by atoms with van der Waals surface area (Å²) in [5.74, 6) is -0.242. The average Bonchev–Trinajstić information content (AvgIpc) is 2.53. The van der Waals surface area contributed by atoms with Crippen LogP contribution in [0.2, 0.25) is 0 Å². The maximum Gasteiger partial charge on any atom is 0.335 e. The Bertz CT molecular complexity index is 674. The number of carboxylic acid groups (broad SMARTS) is 1. The fraction of sp³-hybridized carbons (Fsp3) is 0.125. The van der Waals surface area contributed by atoms with Crippen molar-refractivity contribution in [2.45, 2.75) is 0 Å². The van der Waals surface area contributed by atoms with Crippen LogP contribution < -0.4 is 9.47 Å². The second-order valence-corrected chi connectivity index (χ2v) is 4.28. The standard InChI is InChI=1S/C16H14O5/c1-20-13-8-7-12(9-14(13)21-2)15(17)10-3-5-11(6-4-10)16(18)19/h3-9H,1-2H3,(H,18,19). The zero-order valence-electron chi connectivity index (χ0n) is 11.6. The largest absolute Gasteiger partial charge is 0.493 e. The van der Waals surface area contributed by atoms with Crippen LogP contribution in [0.4, 0.5) is 0 Å². The minimum absolute atomic E-state index is 0.138. The molecule has 0 aliphatic heterocycles. The molecule has 21 heavy (non-hydrogen) atoms. The highest BCUT2D eigenvalue weighted by atomic mass is 16.5. The van der Waals surface area contributed by atoms with E-state index in [0.29, 0.717) is 22.6 Å². The van der Waals surface area contributed by atoms with Crippen LogP contribution in [0.3, 0.4) is 0 Å². The van der Waals surface area contributed by atoms with Gasteiger partial charge in [-0.2, -0.15) is 0 Å². The molecule has 0 radical (unpaired) electrons. The number of carbonyl (C=O) groups excluding carboxylic acids is 1. The van der Waals surface area contributed by atoms with Crippen molar-refractivity contribution in [3.05, 3.63) is 59.2 Å². The van der Waals surface area contributed by atoms with Gasteiger partial charge in [0, 0.05) is 11.1 Å². The highest BCUT2D eigenvalue weighted by Crippen LogP contribution is 2.28. The van der Waals surface area contributed by atoms with Crippen molar-refractivity contribution in [3.63, 3.8) is 0 Å². The number of ether oxygens (including phenoxy) is 2. The molecular formula is C16H14O5. The van der Waals surface area contributed by atoms with Gasteiger partial charge >= 0.3 is 5.97 Å². The lowest BCUT2D eigenvalue weighted by Gasteiger charge is -2.09. The van der Waals surface area contributed by atoms with E-state index in [1.165, 1.54) is 38.5 Å². The molecule has 5 heteroatoms. The van der Waals surface area contributed by atoms with Crippen LogP contribution in [0.15, 0.2) is 42.5 Å². The third-order valence-corrected chi connectivity index (χ3v) is 3.04. The van der Waals surface area contributed by atoms with Gasteiger partial charge in [0.25, 0.3) is 0 Å². The Kier molecular flexibility index (Phi) is 4.23. The SMILES string of the molecule is COc1ccc(C(=O)c2ccc(C(=O)O)cc2)cc1OC. The molecule has 0 aliphatic rings. The van der Waals surface area contributed by atoms with Gasteiger partial charge in [-0.25, -0.2) is 4.79 Å². The van der Waals surface area contributed by atoms with Gasteiger partial charge in [0.2, 0.25) is 0 Å². The summed E-state index contributed by atoms with van der Waals surface area (Å²) >= 11 is 0. The van der Waals surface area contributed by atoms with Crippen molar-refractivity contribution in [3.8, 4) is 11.5 Å². The van der Waals surface area contributed by atoms with Gasteiger partial charge in [0.15, 0.2) is 17.3 Å². The lowest BCUT2D eigenvalue weighted by atomic mass is 10.0. The van der Waals surface area contributed by atoms with Gasteiger partial charge in [-0.05, 0) is 30.3 Å². The first-order valence-corrected chi connectivity index (χ1v) is 6.17. The lowest BCUT2D eigenvalue weighted by molar-refractivity contribution is 0.0696. The Labute approximate surface area is 121 Å². The fourth-order valence-corrected chi connectivity index (χ4v) is 1.91. The molecule has 0 aliphatic carbocycles. The predicted molar refractivity (Wildman–Crippen MR) is 76.4 cm³/mol. The van der Waals surface area contributed by atoms with Crippen LogP contribution >= 0.6 is 0 Å². The van der Waals surface area contributed by atoms with E-state index in [9.17, 15) is 9.59 Å². The maximum atomic E-state index is 12.4. The van der Waals surface area contributed by atoms with E-state index < -0.39 is 5.97 Å². The lowest BCUT2D eigenvalue weighted by Crippen LogP contribution is -2.03. The Morgan fingerprint density at radius 3 is 1.86 bits per heavy atom. The first kappa shape index (κ1) is 14.6. The predicted octanol–water partition coefficient (Wildman–Crippen LogP) is 2.63. The quantitative estimate of drug-likeness (QED) is 0.855. The highest BCUT2D eigenvalue weighted by Gasteiger charge is 2.13. The molecule has 5 nitrogen and oxygen atoms in total. The molecule has 0 amide bonds. The van der Waals surface area contributed by atoms with E-state index >= 15 is 0 Å². The number of aromatic carboxylic acids is 1. The zero-order valence-corrected chi connectivity index (χ0v) is 11.6. The van der Waals surface area contributed by atoms with Gasteiger partial charge in [-0.3, -0.25) is 4.79 Å². The molecule has 0 aromatic heterocycles. The maximum absolute atomic E-state index is 12.4. The smallest absolute Gasteiger partial charge is 0.335 e. The molecule has 2 aromatic carbocycles. The monoisotopic (exact) mass is 286 g/mol. The van der Waals surface area contributed by atoms with Crippen LogP contribution in [-0.4, -0.2) is 31.1 Å². The van der Waals surface area contributed by atoms with Crippen LogP contribution in [0.25, 0.3) is 0 Å². The van der Waals surface area contributed by atoms with Crippen molar-refractivity contribution in [2.75, 3.05) is 14.2 Å². The number of carboxylic acids is 1. The molecule has 0 fully saturated rings. The van der Waals surface area contributed by atoms with Crippen molar-refractivity contribution in [1.82, 2.24) is 0 Å². The number of ketones is 1. The third-order valence-electron chi connectivity index (χ3n) is 3.04. The van der Waals surface area contributed by atoms with E-state index in [2.05, 4.69) is 0 Å². The normalized spacial score (nSPS) is 10.0. The summed E-state index contributed by atoms with van der Waals surface area (Å²) in [6, 6.07) is 10.6. The van der Waals surface area contributed by atoms with Gasteiger partial charge in [0.05, 0.1) is 19.8 Å². The minimum atomic E-state index is -1.03. The highest BCUT2D eigenvalue weighted by molar-refractivity contribution is 6.09. The molecule has 108 valence electrons. The molecule has 0 bridgehead atoms. The summed E-state index contributed by atoms with van der Waals surface area (Å²) < 4.78 is 10.3. The summed E-state index contributed by atoms with van der Waals surface area (Å²) in [6.45, 7) is 0. The number of carbonyl (C=O) groups is 2. The third kappa shape index (κ3) is 3.02. The summed E-state index contributed by atoms with van der Waals surface area (Å²) in [6.07, 6.45) is 0. The van der Waals surface area contributed by atoms with E-state index in [1.807, 2.05) is 0 Å². The fourth-order valence-electron chi connectivity index (χ4n) is 1.91. The molecule has 2 rings (SSSR count). The number of benzene rings is 2.